The van der Waals surface area contributed by atoms with Crippen molar-refractivity contribution < 1.29 is 10.2 Å². The Morgan fingerprint density at radius 1 is 1.43 bits per heavy atom. The zero-order chi connectivity index (χ0) is 10.8. The molecule has 1 aromatic carbocycles. The molecule has 0 saturated heterocycles. The van der Waals surface area contributed by atoms with E-state index in [1.165, 1.54) is 0 Å². The molecule has 0 bridgehead atoms. The van der Waals surface area contributed by atoms with E-state index >= 15 is 0 Å². The number of rotatable bonds is 3. The minimum atomic E-state index is -0.818. The first-order chi connectivity index (χ1) is 6.51. The molecule has 0 radical (unpaired) electrons. The molecule has 0 heterocycles. The molecule has 0 unspecified atom stereocenters. The van der Waals surface area contributed by atoms with Crippen LogP contribution < -0.4 is 5.73 Å². The third-order valence-corrected chi connectivity index (χ3v) is 2.68. The van der Waals surface area contributed by atoms with Crippen LogP contribution in [0.4, 0.5) is 0 Å². The largest absolute Gasteiger partial charge is 0.394 e. The van der Waals surface area contributed by atoms with Crippen LogP contribution in [0.15, 0.2) is 22.7 Å². The monoisotopic (exact) mass is 259 g/mol. The maximum absolute atomic E-state index is 9.14. The Morgan fingerprint density at radius 2 is 2.07 bits per heavy atom. The first kappa shape index (κ1) is 11.7. The van der Waals surface area contributed by atoms with Crippen LogP contribution in [0.2, 0.25) is 0 Å². The Hall–Kier alpha value is -0.420. The lowest BCUT2D eigenvalue weighted by Gasteiger charge is -2.25. The predicted octanol–water partition coefficient (Wildman–Crippen LogP) is 1.11. The summed E-state index contributed by atoms with van der Waals surface area (Å²) in [6.45, 7) is 1.50. The lowest BCUT2D eigenvalue weighted by Crippen LogP contribution is -2.38. The zero-order valence-electron chi connectivity index (χ0n) is 8.00. The molecule has 1 rings (SSSR count). The van der Waals surface area contributed by atoms with Crippen molar-refractivity contribution in [2.45, 2.75) is 19.1 Å². The molecular formula is C10H14BrNO2. The van der Waals surface area contributed by atoms with E-state index in [4.69, 9.17) is 15.9 Å². The quantitative estimate of drug-likeness (QED) is 0.762. The van der Waals surface area contributed by atoms with Crippen LogP contribution in [-0.2, 0) is 12.1 Å². The van der Waals surface area contributed by atoms with Crippen molar-refractivity contribution in [3.63, 3.8) is 0 Å². The summed E-state index contributed by atoms with van der Waals surface area (Å²) >= 11 is 3.33. The van der Waals surface area contributed by atoms with Gasteiger partial charge in [-0.05, 0) is 30.2 Å². The van der Waals surface area contributed by atoms with Crippen molar-refractivity contribution in [2.75, 3.05) is 6.61 Å². The number of halogens is 1. The fraction of sp³-hybridized carbons (Fsp3) is 0.400. The molecule has 0 aliphatic heterocycles. The zero-order valence-corrected chi connectivity index (χ0v) is 9.58. The van der Waals surface area contributed by atoms with E-state index in [0.717, 1.165) is 15.6 Å². The van der Waals surface area contributed by atoms with E-state index in [2.05, 4.69) is 15.9 Å². The van der Waals surface area contributed by atoms with E-state index in [0.29, 0.717) is 0 Å². The second-order valence-corrected chi connectivity index (χ2v) is 4.45. The second kappa shape index (κ2) is 4.40. The van der Waals surface area contributed by atoms with Gasteiger partial charge in [-0.2, -0.15) is 0 Å². The first-order valence-electron chi connectivity index (χ1n) is 4.31. The summed E-state index contributed by atoms with van der Waals surface area (Å²) in [5, 5.41) is 18.3. The summed E-state index contributed by atoms with van der Waals surface area (Å²) in [5.74, 6) is 0. The maximum atomic E-state index is 9.14. The fourth-order valence-corrected chi connectivity index (χ4v) is 1.66. The van der Waals surface area contributed by atoms with E-state index < -0.39 is 5.54 Å². The number of nitrogens with two attached hydrogens (primary N) is 1. The second-order valence-electron chi connectivity index (χ2n) is 3.54. The molecule has 3 nitrogen and oxygen atoms in total. The van der Waals surface area contributed by atoms with Gasteiger partial charge in [-0.1, -0.05) is 22.0 Å². The van der Waals surface area contributed by atoms with Gasteiger partial charge in [0.1, 0.15) is 0 Å². The minimum absolute atomic E-state index is 0.0740. The van der Waals surface area contributed by atoms with Crippen LogP contribution in [0.1, 0.15) is 18.1 Å². The highest BCUT2D eigenvalue weighted by molar-refractivity contribution is 9.10. The third kappa shape index (κ3) is 2.33. The van der Waals surface area contributed by atoms with Gasteiger partial charge in [0.2, 0.25) is 0 Å². The fourth-order valence-electron chi connectivity index (χ4n) is 1.30. The summed E-state index contributed by atoms with van der Waals surface area (Å²) < 4.78 is 0.884. The highest BCUT2D eigenvalue weighted by atomic mass is 79.9. The van der Waals surface area contributed by atoms with Gasteiger partial charge >= 0.3 is 0 Å². The Balaban J connectivity index is 3.23. The smallest absolute Gasteiger partial charge is 0.0685 e. The Labute approximate surface area is 91.7 Å². The summed E-state index contributed by atoms with van der Waals surface area (Å²) in [4.78, 5) is 0. The van der Waals surface area contributed by atoms with E-state index in [-0.39, 0.29) is 13.2 Å². The number of hydrogen-bond donors (Lipinski definition) is 3. The summed E-state index contributed by atoms with van der Waals surface area (Å²) in [7, 11) is 0. The van der Waals surface area contributed by atoms with Gasteiger partial charge in [-0.3, -0.25) is 0 Å². The molecule has 0 aliphatic rings. The van der Waals surface area contributed by atoms with Crippen LogP contribution >= 0.6 is 15.9 Å². The van der Waals surface area contributed by atoms with Crippen molar-refractivity contribution in [3.8, 4) is 0 Å². The molecule has 0 aliphatic carbocycles. The van der Waals surface area contributed by atoms with Crippen LogP contribution in [0.5, 0.6) is 0 Å². The summed E-state index contributed by atoms with van der Waals surface area (Å²) in [6, 6.07) is 5.45. The average molecular weight is 260 g/mol. The van der Waals surface area contributed by atoms with E-state index in [1.807, 2.05) is 12.1 Å². The number of aliphatic hydroxyl groups is 2. The van der Waals surface area contributed by atoms with Gasteiger partial charge < -0.3 is 15.9 Å². The average Bonchev–Trinajstić information content (AvgIpc) is 2.18. The molecule has 4 N–H and O–H groups in total. The van der Waals surface area contributed by atoms with Crippen molar-refractivity contribution in [1.82, 2.24) is 0 Å². The maximum Gasteiger partial charge on any atom is 0.0685 e. The molecule has 14 heavy (non-hydrogen) atoms. The molecule has 1 aromatic rings. The van der Waals surface area contributed by atoms with Crippen molar-refractivity contribution >= 4 is 15.9 Å². The molecule has 0 aromatic heterocycles. The molecule has 4 heteroatoms. The molecule has 0 fully saturated rings. The van der Waals surface area contributed by atoms with Crippen molar-refractivity contribution in [2.24, 2.45) is 5.73 Å². The lowest BCUT2D eigenvalue weighted by atomic mass is 9.90. The summed E-state index contributed by atoms with van der Waals surface area (Å²) in [6.07, 6.45) is 0. The molecule has 1 atom stereocenters. The van der Waals surface area contributed by atoms with Crippen molar-refractivity contribution in [3.05, 3.63) is 33.8 Å². The van der Waals surface area contributed by atoms with Crippen LogP contribution in [0, 0.1) is 0 Å². The SMILES string of the molecule is C[C@@](N)(CO)c1cc(Br)ccc1CO. The number of aliphatic hydroxyl groups excluding tert-OH is 2. The van der Waals surface area contributed by atoms with E-state index in [1.54, 1.807) is 13.0 Å². The summed E-state index contributed by atoms with van der Waals surface area (Å²) in [5.41, 5.74) is 6.59. The van der Waals surface area contributed by atoms with Crippen LogP contribution in [0.25, 0.3) is 0 Å². The number of benzene rings is 1. The van der Waals surface area contributed by atoms with Gasteiger partial charge in [0.05, 0.1) is 18.8 Å². The van der Waals surface area contributed by atoms with Crippen LogP contribution in [0.3, 0.4) is 0 Å². The number of hydrogen-bond acceptors (Lipinski definition) is 3. The topological polar surface area (TPSA) is 66.5 Å². The Kier molecular flexibility index (Phi) is 3.66. The molecule has 78 valence electrons. The first-order valence-corrected chi connectivity index (χ1v) is 5.10. The highest BCUT2D eigenvalue weighted by Gasteiger charge is 2.23. The Morgan fingerprint density at radius 3 is 2.57 bits per heavy atom. The van der Waals surface area contributed by atoms with Gasteiger partial charge in [-0.25, -0.2) is 0 Å². The normalized spacial score (nSPS) is 15.2. The predicted molar refractivity (Wildman–Crippen MR) is 58.7 cm³/mol. The Bertz CT molecular complexity index is 326. The van der Waals surface area contributed by atoms with Gasteiger partial charge in [0, 0.05) is 4.47 Å². The van der Waals surface area contributed by atoms with Gasteiger partial charge in [0.15, 0.2) is 0 Å². The van der Waals surface area contributed by atoms with Crippen molar-refractivity contribution in [1.29, 1.82) is 0 Å². The highest BCUT2D eigenvalue weighted by Crippen LogP contribution is 2.25. The molecule has 0 amide bonds. The van der Waals surface area contributed by atoms with Gasteiger partial charge in [-0.15, -0.1) is 0 Å². The molecule has 0 saturated carbocycles. The van der Waals surface area contributed by atoms with Crippen LogP contribution in [-0.4, -0.2) is 16.8 Å². The van der Waals surface area contributed by atoms with E-state index in [9.17, 15) is 0 Å². The standard InChI is InChI=1S/C10H14BrNO2/c1-10(12,6-14)9-4-8(11)3-2-7(9)5-13/h2-4,13-14H,5-6,12H2,1H3/t10-/m1/s1. The lowest BCUT2D eigenvalue weighted by molar-refractivity contribution is 0.205. The van der Waals surface area contributed by atoms with Gasteiger partial charge in [0.25, 0.3) is 0 Å². The molecule has 0 spiro atoms. The molecular weight excluding hydrogens is 246 g/mol. The third-order valence-electron chi connectivity index (χ3n) is 2.19. The minimum Gasteiger partial charge on any atom is -0.394 e.